The Kier molecular flexibility index (Phi) is 37.5. The van der Waals surface area contributed by atoms with Crippen molar-refractivity contribution in [2.75, 3.05) is 55.9 Å². The third-order valence-electron chi connectivity index (χ3n) is 22.1. The Bertz CT molecular complexity index is 3330. The van der Waals surface area contributed by atoms with E-state index in [1.54, 1.807) is 54.7 Å². The van der Waals surface area contributed by atoms with Crippen LogP contribution in [0.1, 0.15) is 210 Å². The van der Waals surface area contributed by atoms with Crippen LogP contribution in [0.5, 0.6) is 0 Å². The molecule has 22 nitrogen and oxygen atoms in total. The minimum absolute atomic E-state index is 0.0211. The van der Waals surface area contributed by atoms with Gasteiger partial charge in [-0.25, -0.2) is 0 Å². The van der Waals surface area contributed by atoms with Gasteiger partial charge in [0.1, 0.15) is 48.1 Å². The van der Waals surface area contributed by atoms with Crippen LogP contribution in [0.2, 0.25) is 5.04 Å². The summed E-state index contributed by atoms with van der Waals surface area (Å²) in [5.74, 6) is -12.6. The summed E-state index contributed by atoms with van der Waals surface area (Å²) in [7, 11) is 7.28. The van der Waals surface area contributed by atoms with Crippen LogP contribution >= 0.6 is 0 Å². The standard InChI is InChI=1S/C85H138N8O14Si/c1-29-31-39-58(14)76(107-62(18)94)75-77(98)86-66(30-2)81(102)87(22)61(17)79(100)92(27)74(57(13)40-38-45-106-108(85(19,20)21,63-41-34-32-35-42-63)64-43-36-33-37-44-64)72(97)51-65(55(9)10)80(101)88(23)67(46-52(3)4)71(96)49-59(15)70(95)50-60(16)78(99)89(24)68(47-53(5)6)82(103)90(25)69(48-54(7)8)83(104)91(26)73(56(11)12)84(105)93(75)28/h29,31-37,41-44,52-61,65-69,73-76H,30,38-40,45-51H2,1-28H3,(H,86,98)/b31-29+/t57-,58-,59-,60+,61-,65+,66+,67+,68+,69+,73+,74+,75+,76-/m1/s1. The van der Waals surface area contributed by atoms with Crippen LogP contribution in [-0.2, 0) is 66.7 Å². The van der Waals surface area contributed by atoms with E-state index in [2.05, 4.69) is 50.4 Å². The van der Waals surface area contributed by atoms with Crippen molar-refractivity contribution in [3.8, 4) is 0 Å². The van der Waals surface area contributed by atoms with Crippen molar-refractivity contribution in [1.29, 1.82) is 0 Å². The number of benzene rings is 2. The van der Waals surface area contributed by atoms with Gasteiger partial charge in [0, 0.05) is 99.9 Å². The van der Waals surface area contributed by atoms with Gasteiger partial charge in [-0.3, -0.25) is 57.5 Å². The maximum atomic E-state index is 15.7. The molecule has 1 aliphatic heterocycles. The molecule has 2 aromatic rings. The minimum atomic E-state index is -3.02. The molecule has 8 amide bonds. The van der Waals surface area contributed by atoms with Crippen LogP contribution in [0.15, 0.2) is 72.8 Å². The number of allylic oxidation sites excluding steroid dienone is 2. The first-order chi connectivity index (χ1) is 50.2. The third-order valence-corrected chi connectivity index (χ3v) is 27.1. The fourth-order valence-corrected chi connectivity index (χ4v) is 20.1. The van der Waals surface area contributed by atoms with E-state index in [0.717, 1.165) is 15.3 Å². The number of hydrogen-bond acceptors (Lipinski definition) is 14. The monoisotopic (exact) mass is 1520 g/mol. The predicted octanol–water partition coefficient (Wildman–Crippen LogP) is 10.4. The maximum Gasteiger partial charge on any atom is 0.303 e. The van der Waals surface area contributed by atoms with Crippen molar-refractivity contribution in [2.24, 2.45) is 59.2 Å². The Labute approximate surface area is 649 Å². The van der Waals surface area contributed by atoms with Gasteiger partial charge in [-0.05, 0) is 116 Å². The summed E-state index contributed by atoms with van der Waals surface area (Å²) in [4.78, 5) is 190. The molecule has 0 unspecified atom stereocenters. The molecule has 606 valence electrons. The molecule has 0 bridgehead atoms. The number of rotatable bonds is 22. The molecule has 0 spiro atoms. The van der Waals surface area contributed by atoms with Crippen LogP contribution in [0.25, 0.3) is 0 Å². The van der Waals surface area contributed by atoms with E-state index in [9.17, 15) is 19.2 Å². The number of ether oxygens (including phenoxy) is 1. The molecule has 0 aliphatic carbocycles. The molecule has 0 saturated carbocycles. The summed E-state index contributed by atoms with van der Waals surface area (Å²) in [6.45, 7) is 38.5. The highest BCUT2D eigenvalue weighted by molar-refractivity contribution is 6.99. The van der Waals surface area contributed by atoms with Crippen LogP contribution in [0.4, 0.5) is 0 Å². The quantitative estimate of drug-likeness (QED) is 0.0498. The van der Waals surface area contributed by atoms with E-state index in [-0.39, 0.29) is 85.7 Å². The van der Waals surface area contributed by atoms with E-state index in [1.807, 2.05) is 112 Å². The second kappa shape index (κ2) is 42.7. The number of hydrogen-bond donors (Lipinski definition) is 1. The average molecular weight is 1520 g/mol. The summed E-state index contributed by atoms with van der Waals surface area (Å²) >= 11 is 0. The molecule has 3 rings (SSSR count). The van der Waals surface area contributed by atoms with Crippen molar-refractivity contribution in [3.63, 3.8) is 0 Å². The molecule has 1 aliphatic rings. The lowest BCUT2D eigenvalue weighted by molar-refractivity contribution is -0.164. The molecule has 1 N–H and O–H groups in total. The summed E-state index contributed by atoms with van der Waals surface area (Å²) in [6, 6.07) is 10.4. The van der Waals surface area contributed by atoms with E-state index < -0.39 is 163 Å². The highest BCUT2D eigenvalue weighted by atomic mass is 28.4. The number of carbonyl (C=O) groups excluding carboxylic acids is 12. The van der Waals surface area contributed by atoms with Crippen LogP contribution < -0.4 is 15.7 Å². The van der Waals surface area contributed by atoms with Gasteiger partial charge >= 0.3 is 5.97 Å². The first-order valence-electron chi connectivity index (χ1n) is 39.5. The SMILES string of the molecule is C/C=C/C[C@@H](C)[C@@H](OC(C)=O)[C@H]1C(=O)N[C@@H](CC)C(=O)N(C)[C@H](C)C(=O)N(C)[C@@H]([C@H](C)CCCO[Si](c2ccccc2)(c2ccccc2)C(C)(C)C)C(=O)C[C@@H](C(C)C)C(=O)N(C)[C@@H](CC(C)C)C(=O)C[C@@H](C)C(=O)C[C@H](C)C(=O)N(C)[C@@H](CC(C)C)C(=O)N(C)[C@@H](CC(C)C)C(=O)N(C)[C@@H](C(C)C)C(=O)N1C. The highest BCUT2D eigenvalue weighted by Crippen LogP contribution is 2.38. The second-order valence-electron chi connectivity index (χ2n) is 34.0. The summed E-state index contributed by atoms with van der Waals surface area (Å²) in [5.41, 5.74) is 0. The number of esters is 1. The Hall–Kier alpha value is -7.40. The molecule has 0 aromatic heterocycles. The number of nitrogens with one attached hydrogen (secondary N) is 1. The first-order valence-corrected chi connectivity index (χ1v) is 41.4. The lowest BCUT2D eigenvalue weighted by atomic mass is 9.82. The molecule has 14 atom stereocenters. The minimum Gasteiger partial charge on any atom is -0.459 e. The van der Waals surface area contributed by atoms with E-state index in [1.165, 1.54) is 85.5 Å². The van der Waals surface area contributed by atoms with Gasteiger partial charge in [-0.1, -0.05) is 197 Å². The number of ketones is 3. The topological polar surface area (TPSA) is 258 Å². The fourth-order valence-electron chi connectivity index (χ4n) is 15.5. The van der Waals surface area contributed by atoms with Crippen molar-refractivity contribution >= 4 is 89.3 Å². The van der Waals surface area contributed by atoms with Crippen LogP contribution in [0.3, 0.4) is 0 Å². The Morgan fingerprint density at radius 2 is 0.981 bits per heavy atom. The zero-order valence-electron chi connectivity index (χ0n) is 71.0. The van der Waals surface area contributed by atoms with Gasteiger partial charge in [0.25, 0.3) is 8.32 Å². The smallest absolute Gasteiger partial charge is 0.303 e. The van der Waals surface area contributed by atoms with Crippen LogP contribution in [-0.4, -0.2) is 224 Å². The lowest BCUT2D eigenvalue weighted by Gasteiger charge is -2.43. The molecule has 0 radical (unpaired) electrons. The van der Waals surface area contributed by atoms with Crippen molar-refractivity contribution in [3.05, 3.63) is 72.8 Å². The number of likely N-dealkylation sites (N-methyl/N-ethyl adjacent to an activating group) is 7. The summed E-state index contributed by atoms with van der Waals surface area (Å²) < 4.78 is 13.4. The predicted molar refractivity (Wildman–Crippen MR) is 429 cm³/mol. The Morgan fingerprint density at radius 3 is 1.44 bits per heavy atom. The maximum absolute atomic E-state index is 15.7. The first kappa shape index (κ1) is 94.8. The number of carbonyl (C=O) groups is 12. The number of amides is 8. The molecule has 108 heavy (non-hydrogen) atoms. The van der Waals surface area contributed by atoms with Gasteiger partial charge < -0.3 is 48.8 Å². The summed E-state index contributed by atoms with van der Waals surface area (Å²) in [6.07, 6.45) is 3.08. The zero-order chi connectivity index (χ0) is 82.5. The molecule has 23 heteroatoms. The lowest BCUT2D eigenvalue weighted by Crippen LogP contribution is -2.66. The summed E-state index contributed by atoms with van der Waals surface area (Å²) in [5, 5.41) is 4.72. The van der Waals surface area contributed by atoms with E-state index in [4.69, 9.17) is 9.16 Å². The van der Waals surface area contributed by atoms with Crippen molar-refractivity contribution in [2.45, 2.75) is 269 Å². The average Bonchev–Trinajstić information content (AvgIpc) is 0.749. The van der Waals surface area contributed by atoms with Crippen molar-refractivity contribution < 1.29 is 66.7 Å². The fraction of sp³-hybridized carbons (Fsp3) is 0.694. The van der Waals surface area contributed by atoms with Gasteiger partial charge in [0.2, 0.25) is 47.3 Å². The number of Topliss-reactive ketones (excluding diaryl/α,β-unsaturated/α-hetero) is 3. The largest absolute Gasteiger partial charge is 0.459 e. The van der Waals surface area contributed by atoms with Gasteiger partial charge in [0.15, 0.2) is 11.6 Å². The Balaban J connectivity index is 2.44. The molecular formula is C85H138N8O14Si. The molecular weight excluding hydrogens is 1390 g/mol. The molecule has 1 saturated heterocycles. The number of nitrogens with zero attached hydrogens (tertiary/aromatic N) is 7. The highest BCUT2D eigenvalue weighted by Gasteiger charge is 2.51. The Morgan fingerprint density at radius 1 is 0.528 bits per heavy atom. The zero-order valence-corrected chi connectivity index (χ0v) is 72.0. The van der Waals surface area contributed by atoms with Gasteiger partial charge in [-0.15, -0.1) is 0 Å². The second-order valence-corrected chi connectivity index (χ2v) is 38.3. The molecule has 1 heterocycles. The normalized spacial score (nSPS) is 25.1. The van der Waals surface area contributed by atoms with Gasteiger partial charge in [0.05, 0.1) is 12.1 Å². The van der Waals surface area contributed by atoms with Crippen molar-refractivity contribution in [1.82, 2.24) is 39.6 Å². The van der Waals surface area contributed by atoms with E-state index in [0.29, 0.717) is 19.4 Å². The van der Waals surface area contributed by atoms with Gasteiger partial charge in [-0.2, -0.15) is 0 Å². The van der Waals surface area contributed by atoms with E-state index >= 15 is 38.4 Å². The third kappa shape index (κ3) is 24.5. The molecule has 2 aromatic carbocycles. The van der Waals surface area contributed by atoms with Crippen LogP contribution in [0, 0.1) is 59.2 Å². The molecule has 1 fully saturated rings.